The zero-order valence-electron chi connectivity index (χ0n) is 18.9. The van der Waals surface area contributed by atoms with Gasteiger partial charge in [-0.15, -0.1) is 0 Å². The number of benzene rings is 3. The second kappa shape index (κ2) is 10.0. The van der Waals surface area contributed by atoms with Gasteiger partial charge in [0.2, 0.25) is 0 Å². The van der Waals surface area contributed by atoms with Crippen LogP contribution in [0.3, 0.4) is 0 Å². The third-order valence-corrected chi connectivity index (χ3v) is 5.61. The van der Waals surface area contributed by atoms with E-state index in [9.17, 15) is 19.2 Å². The summed E-state index contributed by atoms with van der Waals surface area (Å²) in [6, 6.07) is 21.9. The normalized spacial score (nSPS) is 13.1. The highest BCUT2D eigenvalue weighted by molar-refractivity contribution is 6.22. The average Bonchev–Trinajstić information content (AvgIpc) is 3.12. The van der Waals surface area contributed by atoms with Crippen LogP contribution in [0.1, 0.15) is 49.1 Å². The number of esters is 1. The van der Waals surface area contributed by atoms with Gasteiger partial charge in [-0.05, 0) is 61.4 Å². The van der Waals surface area contributed by atoms with Crippen molar-refractivity contribution in [3.05, 3.63) is 101 Å². The van der Waals surface area contributed by atoms with Crippen LogP contribution in [0, 0.1) is 11.3 Å². The molecule has 3 aromatic rings. The van der Waals surface area contributed by atoms with Crippen LogP contribution in [0.5, 0.6) is 0 Å². The molecule has 0 saturated carbocycles. The number of carbonyl (C=O) groups is 4. The van der Waals surface area contributed by atoms with Gasteiger partial charge in [0.15, 0.2) is 6.10 Å². The van der Waals surface area contributed by atoms with E-state index in [-0.39, 0.29) is 23.2 Å². The Hall–Kier alpha value is -4.77. The molecular formula is C27H21N3O5. The minimum absolute atomic E-state index is 0.0628. The molecule has 0 fully saturated rings. The number of carbonyl (C=O) groups excluding carboxylic acids is 4. The summed E-state index contributed by atoms with van der Waals surface area (Å²) in [6.07, 6.45) is -0.598. The fraction of sp³-hybridized carbons (Fsp3) is 0.148. The van der Waals surface area contributed by atoms with Crippen molar-refractivity contribution >= 4 is 29.4 Å². The van der Waals surface area contributed by atoms with Crippen LogP contribution >= 0.6 is 0 Å². The van der Waals surface area contributed by atoms with Crippen molar-refractivity contribution in [2.45, 2.75) is 19.4 Å². The van der Waals surface area contributed by atoms with Crippen molar-refractivity contribution in [1.82, 2.24) is 4.90 Å². The van der Waals surface area contributed by atoms with Gasteiger partial charge in [0.05, 0.1) is 28.3 Å². The highest BCUT2D eigenvalue weighted by Crippen LogP contribution is 2.25. The van der Waals surface area contributed by atoms with E-state index in [1.807, 2.05) is 36.4 Å². The molecule has 1 N–H and O–H groups in total. The number of nitriles is 1. The predicted molar refractivity (Wildman–Crippen MR) is 127 cm³/mol. The van der Waals surface area contributed by atoms with Crippen molar-refractivity contribution in [3.63, 3.8) is 0 Å². The molecule has 0 spiro atoms. The zero-order valence-corrected chi connectivity index (χ0v) is 18.9. The number of imide groups is 1. The molecule has 174 valence electrons. The Morgan fingerprint density at radius 3 is 2.34 bits per heavy atom. The first kappa shape index (κ1) is 23.4. The van der Waals surface area contributed by atoms with Crippen molar-refractivity contribution < 1.29 is 23.9 Å². The number of nitrogens with one attached hydrogen (secondary N) is 1. The number of amides is 3. The van der Waals surface area contributed by atoms with E-state index >= 15 is 0 Å². The minimum Gasteiger partial charge on any atom is -0.449 e. The zero-order chi connectivity index (χ0) is 24.9. The van der Waals surface area contributed by atoms with Crippen molar-refractivity contribution in [3.8, 4) is 6.07 Å². The number of fused-ring (bicyclic) bond motifs is 1. The lowest BCUT2D eigenvalue weighted by molar-refractivity contribution is -0.123. The monoisotopic (exact) mass is 467 g/mol. The van der Waals surface area contributed by atoms with Crippen LogP contribution in [0.4, 0.5) is 5.69 Å². The van der Waals surface area contributed by atoms with Gasteiger partial charge < -0.3 is 10.1 Å². The third kappa shape index (κ3) is 5.09. The molecule has 1 aliphatic rings. The van der Waals surface area contributed by atoms with Gasteiger partial charge in [0.1, 0.15) is 0 Å². The molecule has 0 aromatic heterocycles. The Labute approximate surface area is 201 Å². The van der Waals surface area contributed by atoms with Gasteiger partial charge in [0.25, 0.3) is 17.7 Å². The first-order valence-corrected chi connectivity index (χ1v) is 10.9. The van der Waals surface area contributed by atoms with Crippen LogP contribution in [0.15, 0.2) is 72.8 Å². The molecule has 0 radical (unpaired) electrons. The van der Waals surface area contributed by atoms with Crippen LogP contribution in [0.2, 0.25) is 0 Å². The van der Waals surface area contributed by atoms with E-state index < -0.39 is 29.8 Å². The highest BCUT2D eigenvalue weighted by Gasteiger charge is 2.36. The topological polar surface area (TPSA) is 117 Å². The second-order valence-electron chi connectivity index (χ2n) is 7.98. The molecule has 3 amide bonds. The largest absolute Gasteiger partial charge is 0.449 e. The molecule has 0 aliphatic carbocycles. The molecule has 0 saturated heterocycles. The van der Waals surface area contributed by atoms with Crippen LogP contribution < -0.4 is 5.32 Å². The van der Waals surface area contributed by atoms with Gasteiger partial charge in [-0.2, -0.15) is 5.26 Å². The molecule has 0 unspecified atom stereocenters. The molecule has 0 bridgehead atoms. The third-order valence-electron chi connectivity index (χ3n) is 5.61. The second-order valence-corrected chi connectivity index (χ2v) is 7.98. The van der Waals surface area contributed by atoms with Crippen LogP contribution in [-0.2, 0) is 16.0 Å². The quantitative estimate of drug-likeness (QED) is 0.419. The van der Waals surface area contributed by atoms with E-state index in [1.54, 1.807) is 24.3 Å². The molecule has 8 heteroatoms. The molecule has 3 aromatic carbocycles. The first-order chi connectivity index (χ1) is 16.9. The maximum Gasteiger partial charge on any atom is 0.338 e. The summed E-state index contributed by atoms with van der Waals surface area (Å²) >= 11 is 0. The summed E-state index contributed by atoms with van der Waals surface area (Å²) in [5.41, 5.74) is 2.33. The maximum absolute atomic E-state index is 12.9. The van der Waals surface area contributed by atoms with E-state index in [2.05, 4.69) is 5.32 Å². The predicted octanol–water partition coefficient (Wildman–Crippen LogP) is 3.58. The Balaban J connectivity index is 1.40. The smallest absolute Gasteiger partial charge is 0.338 e. The van der Waals surface area contributed by atoms with Crippen molar-refractivity contribution in [2.24, 2.45) is 0 Å². The summed E-state index contributed by atoms with van der Waals surface area (Å²) in [6.45, 7) is 1.65. The molecule has 1 aliphatic heterocycles. The summed E-state index contributed by atoms with van der Waals surface area (Å²) in [5, 5.41) is 11.5. The highest BCUT2D eigenvalue weighted by atomic mass is 16.5. The molecule has 1 heterocycles. The number of hydrogen-bond acceptors (Lipinski definition) is 6. The number of nitrogens with zero attached hydrogens (tertiary/aromatic N) is 2. The van der Waals surface area contributed by atoms with Gasteiger partial charge in [0, 0.05) is 12.2 Å². The summed E-state index contributed by atoms with van der Waals surface area (Å²) in [4.78, 5) is 51.7. The number of anilines is 1. The van der Waals surface area contributed by atoms with Gasteiger partial charge in [-0.25, -0.2) is 4.79 Å². The molecule has 8 nitrogen and oxygen atoms in total. The summed E-state index contributed by atoms with van der Waals surface area (Å²) in [7, 11) is 0. The van der Waals surface area contributed by atoms with Gasteiger partial charge in [-0.3, -0.25) is 19.3 Å². The van der Waals surface area contributed by atoms with E-state index in [4.69, 9.17) is 10.00 Å². The Morgan fingerprint density at radius 1 is 0.971 bits per heavy atom. The Kier molecular flexibility index (Phi) is 6.69. The van der Waals surface area contributed by atoms with Gasteiger partial charge in [-0.1, -0.05) is 30.3 Å². The molecule has 35 heavy (non-hydrogen) atoms. The van der Waals surface area contributed by atoms with E-state index in [0.717, 1.165) is 5.56 Å². The standard InChI is InChI=1S/C27H21N3O5/c1-17(24(31)29-21-10-7-19(16-28)8-11-21)35-27(34)20-9-12-22-23(15-20)26(33)30(25(22)32)14-13-18-5-3-2-4-6-18/h2-12,15,17H,13-14H2,1H3,(H,29,31)/t17-/m1/s1. The lowest BCUT2D eigenvalue weighted by Gasteiger charge is -2.14. The lowest BCUT2D eigenvalue weighted by Crippen LogP contribution is -2.31. The van der Waals surface area contributed by atoms with Gasteiger partial charge >= 0.3 is 5.97 Å². The van der Waals surface area contributed by atoms with Crippen LogP contribution in [0.25, 0.3) is 0 Å². The van der Waals surface area contributed by atoms with E-state index in [0.29, 0.717) is 17.7 Å². The summed E-state index contributed by atoms with van der Waals surface area (Å²) < 4.78 is 5.26. The molecule has 4 rings (SSSR count). The number of hydrogen-bond donors (Lipinski definition) is 1. The van der Waals surface area contributed by atoms with Crippen molar-refractivity contribution in [1.29, 1.82) is 5.26 Å². The fourth-order valence-electron chi connectivity index (χ4n) is 3.66. The average molecular weight is 467 g/mol. The Bertz CT molecular complexity index is 1340. The molecule has 1 atom stereocenters. The number of rotatable bonds is 7. The van der Waals surface area contributed by atoms with Crippen LogP contribution in [-0.4, -0.2) is 41.2 Å². The maximum atomic E-state index is 12.9. The lowest BCUT2D eigenvalue weighted by atomic mass is 10.1. The minimum atomic E-state index is -1.12. The summed E-state index contributed by atoms with van der Waals surface area (Å²) in [5.74, 6) is -2.22. The first-order valence-electron chi connectivity index (χ1n) is 10.9. The SMILES string of the molecule is C[C@@H](OC(=O)c1ccc2c(c1)C(=O)N(CCc1ccccc1)C2=O)C(=O)Nc1ccc(C#N)cc1. The Morgan fingerprint density at radius 2 is 1.66 bits per heavy atom. The fourth-order valence-corrected chi connectivity index (χ4v) is 3.66. The molecular weight excluding hydrogens is 446 g/mol. The van der Waals surface area contributed by atoms with Crippen molar-refractivity contribution in [2.75, 3.05) is 11.9 Å². The number of ether oxygens (including phenoxy) is 1. The van der Waals surface area contributed by atoms with E-state index in [1.165, 1.54) is 30.0 Å².